The summed E-state index contributed by atoms with van der Waals surface area (Å²) >= 11 is 0. The number of aromatic nitrogens is 2. The predicted octanol–water partition coefficient (Wildman–Crippen LogP) is 0.295. The average Bonchev–Trinajstić information content (AvgIpc) is 2.42. The molecule has 0 bridgehead atoms. The Hall–Kier alpha value is -2.49. The van der Waals surface area contributed by atoms with E-state index < -0.39 is 22.7 Å². The number of carbonyl (C=O) groups is 1. The van der Waals surface area contributed by atoms with Gasteiger partial charge in [-0.15, -0.1) is 0 Å². The molecule has 20 heavy (non-hydrogen) atoms. The first-order chi connectivity index (χ1) is 9.49. The molecule has 10 heteroatoms. The van der Waals surface area contributed by atoms with Gasteiger partial charge in [-0.3, -0.25) is 14.9 Å². The fraction of sp³-hybridized carbons (Fsp3) is 0.500. The highest BCUT2D eigenvalue weighted by Crippen LogP contribution is 2.30. The van der Waals surface area contributed by atoms with E-state index in [1.54, 1.807) is 0 Å². The van der Waals surface area contributed by atoms with E-state index in [-0.39, 0.29) is 24.7 Å². The molecule has 1 unspecified atom stereocenters. The Morgan fingerprint density at radius 1 is 1.55 bits per heavy atom. The van der Waals surface area contributed by atoms with Crippen molar-refractivity contribution in [3.8, 4) is 5.88 Å². The number of nitrogens with one attached hydrogen (secondary N) is 1. The van der Waals surface area contributed by atoms with Crippen LogP contribution in [0.25, 0.3) is 0 Å². The van der Waals surface area contributed by atoms with Gasteiger partial charge >= 0.3 is 11.7 Å². The maximum Gasteiger partial charge on any atom is 0.372 e. The van der Waals surface area contributed by atoms with Crippen molar-refractivity contribution in [1.82, 2.24) is 9.97 Å². The van der Waals surface area contributed by atoms with Crippen molar-refractivity contribution >= 4 is 17.5 Å². The summed E-state index contributed by atoms with van der Waals surface area (Å²) in [7, 11) is 2.60. The summed E-state index contributed by atoms with van der Waals surface area (Å²) in [5, 5.41) is 22.3. The van der Waals surface area contributed by atoms with Crippen LogP contribution in [0.2, 0.25) is 0 Å². The number of methoxy groups -OCH3 is 2. The smallest absolute Gasteiger partial charge is 0.372 e. The molecule has 110 valence electrons. The minimum Gasteiger partial charge on any atom is -0.481 e. The number of anilines is 1. The van der Waals surface area contributed by atoms with E-state index in [2.05, 4.69) is 15.3 Å². The zero-order chi connectivity index (χ0) is 15.1. The standard InChI is InChI=1S/C10H14N4O6/c1-19-6(3-7(15)16)4-11-9-8(14(17)18)10(20-2)13-5-12-9/h5-6H,3-4H2,1-2H3,(H,15,16)(H,11,12,13). The van der Waals surface area contributed by atoms with Gasteiger partial charge in [0.25, 0.3) is 5.88 Å². The van der Waals surface area contributed by atoms with Gasteiger partial charge in [-0.05, 0) is 0 Å². The van der Waals surface area contributed by atoms with E-state index in [1.165, 1.54) is 14.2 Å². The van der Waals surface area contributed by atoms with Crippen LogP contribution in [0, 0.1) is 10.1 Å². The van der Waals surface area contributed by atoms with Crippen molar-refractivity contribution in [1.29, 1.82) is 0 Å². The molecule has 0 amide bonds. The summed E-state index contributed by atoms with van der Waals surface area (Å²) in [5.41, 5.74) is -0.417. The van der Waals surface area contributed by atoms with E-state index in [1.807, 2.05) is 0 Å². The van der Waals surface area contributed by atoms with Gasteiger partial charge in [0, 0.05) is 13.7 Å². The van der Waals surface area contributed by atoms with Gasteiger partial charge in [0.15, 0.2) is 0 Å². The van der Waals surface area contributed by atoms with Crippen LogP contribution in [0.15, 0.2) is 6.33 Å². The van der Waals surface area contributed by atoms with E-state index >= 15 is 0 Å². The van der Waals surface area contributed by atoms with Crippen LogP contribution >= 0.6 is 0 Å². The van der Waals surface area contributed by atoms with Crippen LogP contribution in [0.4, 0.5) is 11.5 Å². The molecule has 0 aliphatic carbocycles. The molecule has 0 saturated carbocycles. The molecule has 0 aliphatic rings. The molecule has 10 nitrogen and oxygen atoms in total. The molecule has 0 fully saturated rings. The van der Waals surface area contributed by atoms with Gasteiger partial charge in [-0.1, -0.05) is 0 Å². The molecule has 0 aromatic carbocycles. The summed E-state index contributed by atoms with van der Waals surface area (Å²) in [6.45, 7) is 0.0454. The zero-order valence-corrected chi connectivity index (χ0v) is 10.9. The summed E-state index contributed by atoms with van der Waals surface area (Å²) < 4.78 is 9.74. The molecule has 2 N–H and O–H groups in total. The lowest BCUT2D eigenvalue weighted by molar-refractivity contribution is -0.385. The number of carboxylic acid groups (broad SMARTS) is 1. The predicted molar refractivity (Wildman–Crippen MR) is 66.8 cm³/mol. The lowest BCUT2D eigenvalue weighted by atomic mass is 10.2. The first-order valence-corrected chi connectivity index (χ1v) is 5.51. The molecule has 1 aromatic rings. The third-order valence-corrected chi connectivity index (χ3v) is 2.40. The van der Waals surface area contributed by atoms with Crippen molar-refractivity contribution in [2.75, 3.05) is 26.1 Å². The first-order valence-electron chi connectivity index (χ1n) is 5.51. The second-order valence-electron chi connectivity index (χ2n) is 3.67. The van der Waals surface area contributed by atoms with Crippen LogP contribution in [-0.2, 0) is 9.53 Å². The van der Waals surface area contributed by atoms with Crippen molar-refractivity contribution < 1.29 is 24.3 Å². The minimum atomic E-state index is -1.03. The molecule has 1 rings (SSSR count). The largest absolute Gasteiger partial charge is 0.481 e. The molecular weight excluding hydrogens is 272 g/mol. The third kappa shape index (κ3) is 4.02. The fourth-order valence-corrected chi connectivity index (χ4v) is 1.45. The number of nitrogens with zero attached hydrogens (tertiary/aromatic N) is 3. The SMILES string of the molecule is COc1ncnc(NCC(CC(=O)O)OC)c1[N+](=O)[O-]. The zero-order valence-electron chi connectivity index (χ0n) is 10.9. The van der Waals surface area contributed by atoms with Gasteiger partial charge in [0.05, 0.1) is 24.6 Å². The van der Waals surface area contributed by atoms with E-state index in [0.717, 1.165) is 6.33 Å². The lowest BCUT2D eigenvalue weighted by Crippen LogP contribution is -2.25. The highest BCUT2D eigenvalue weighted by Gasteiger charge is 2.24. The Morgan fingerprint density at radius 2 is 2.25 bits per heavy atom. The Kier molecular flexibility index (Phi) is 5.59. The maximum absolute atomic E-state index is 11.0. The molecular formula is C10H14N4O6. The second kappa shape index (κ2) is 7.19. The first kappa shape index (κ1) is 15.6. The molecule has 0 spiro atoms. The molecule has 1 aromatic heterocycles. The van der Waals surface area contributed by atoms with Crippen LogP contribution in [0.1, 0.15) is 6.42 Å². The Balaban J connectivity index is 2.86. The highest BCUT2D eigenvalue weighted by molar-refractivity contribution is 5.67. The summed E-state index contributed by atoms with van der Waals surface area (Å²) in [6, 6.07) is 0. The summed E-state index contributed by atoms with van der Waals surface area (Å²) in [6.07, 6.45) is 0.222. The fourth-order valence-electron chi connectivity index (χ4n) is 1.45. The van der Waals surface area contributed by atoms with E-state index in [9.17, 15) is 14.9 Å². The van der Waals surface area contributed by atoms with Gasteiger partial charge in [-0.25, -0.2) is 4.98 Å². The number of hydrogen-bond acceptors (Lipinski definition) is 8. The van der Waals surface area contributed by atoms with Gasteiger partial charge in [0.1, 0.15) is 6.33 Å². The molecule has 0 aliphatic heterocycles. The van der Waals surface area contributed by atoms with Crippen LogP contribution in [0.3, 0.4) is 0 Å². The third-order valence-electron chi connectivity index (χ3n) is 2.40. The maximum atomic E-state index is 11.0. The molecule has 0 radical (unpaired) electrons. The second-order valence-corrected chi connectivity index (χ2v) is 3.67. The Labute approximate surface area is 113 Å². The number of carboxylic acids is 1. The monoisotopic (exact) mass is 286 g/mol. The minimum absolute atomic E-state index is 0.0454. The Morgan fingerprint density at radius 3 is 2.75 bits per heavy atom. The number of ether oxygens (including phenoxy) is 2. The van der Waals surface area contributed by atoms with Crippen LogP contribution < -0.4 is 10.1 Å². The topological polar surface area (TPSA) is 137 Å². The number of nitro groups is 1. The highest BCUT2D eigenvalue weighted by atomic mass is 16.6. The van der Waals surface area contributed by atoms with Crippen molar-refractivity contribution in [3.05, 3.63) is 16.4 Å². The average molecular weight is 286 g/mol. The van der Waals surface area contributed by atoms with Gasteiger partial charge < -0.3 is 19.9 Å². The van der Waals surface area contributed by atoms with Crippen LogP contribution in [0.5, 0.6) is 5.88 Å². The lowest BCUT2D eigenvalue weighted by Gasteiger charge is -2.14. The normalized spacial score (nSPS) is 11.7. The van der Waals surface area contributed by atoms with Crippen molar-refractivity contribution in [2.45, 2.75) is 12.5 Å². The van der Waals surface area contributed by atoms with Crippen molar-refractivity contribution in [2.24, 2.45) is 0 Å². The molecule has 1 heterocycles. The number of hydrogen-bond donors (Lipinski definition) is 2. The van der Waals surface area contributed by atoms with E-state index in [4.69, 9.17) is 14.6 Å². The van der Waals surface area contributed by atoms with Crippen LogP contribution in [-0.4, -0.2) is 52.8 Å². The molecule has 0 saturated heterocycles. The van der Waals surface area contributed by atoms with Gasteiger partial charge in [0.2, 0.25) is 5.82 Å². The summed E-state index contributed by atoms with van der Waals surface area (Å²) in [5.74, 6) is -1.28. The van der Waals surface area contributed by atoms with Gasteiger partial charge in [-0.2, -0.15) is 4.98 Å². The number of rotatable bonds is 8. The quantitative estimate of drug-likeness (QED) is 0.510. The summed E-state index contributed by atoms with van der Waals surface area (Å²) in [4.78, 5) is 28.3. The van der Waals surface area contributed by atoms with Crippen molar-refractivity contribution in [3.63, 3.8) is 0 Å². The number of aliphatic carboxylic acids is 1. The Bertz CT molecular complexity index is 495. The molecule has 1 atom stereocenters. The van der Waals surface area contributed by atoms with E-state index in [0.29, 0.717) is 0 Å².